The standard InChI is InChI=1S/C21H39N5O.HI/c1-6-22-20(25-16-19-24-15-18(27-19)21(3,4)5)23-12-8-10-14-26-13-9-7-11-17(26)2;/h15,17H,6-14,16H2,1-5H3,(H2,22,23,25);1H. The fourth-order valence-electron chi connectivity index (χ4n) is 3.36. The summed E-state index contributed by atoms with van der Waals surface area (Å²) in [6.07, 6.45) is 8.30. The SMILES string of the molecule is CCNC(=NCc1ncc(C(C)(C)C)o1)NCCCCN1CCCCC1C.I. The number of likely N-dealkylation sites (tertiary alicyclic amines) is 1. The predicted molar refractivity (Wildman–Crippen MR) is 128 cm³/mol. The van der Waals surface area contributed by atoms with E-state index in [0.717, 1.165) is 37.3 Å². The second kappa shape index (κ2) is 12.7. The molecule has 1 aliphatic rings. The zero-order chi connectivity index (χ0) is 19.7. The highest BCUT2D eigenvalue weighted by Gasteiger charge is 2.19. The number of guanidine groups is 1. The third-order valence-corrected chi connectivity index (χ3v) is 5.11. The van der Waals surface area contributed by atoms with Gasteiger partial charge in [0.15, 0.2) is 5.96 Å². The Morgan fingerprint density at radius 2 is 2.07 bits per heavy atom. The first kappa shape index (κ1) is 25.2. The maximum absolute atomic E-state index is 5.82. The van der Waals surface area contributed by atoms with E-state index in [0.29, 0.717) is 12.4 Å². The summed E-state index contributed by atoms with van der Waals surface area (Å²) in [5.74, 6) is 2.40. The van der Waals surface area contributed by atoms with Gasteiger partial charge in [0.1, 0.15) is 12.3 Å². The van der Waals surface area contributed by atoms with E-state index >= 15 is 0 Å². The largest absolute Gasteiger partial charge is 0.443 e. The monoisotopic (exact) mass is 505 g/mol. The maximum Gasteiger partial charge on any atom is 0.216 e. The first-order valence-corrected chi connectivity index (χ1v) is 10.6. The van der Waals surface area contributed by atoms with Gasteiger partial charge in [-0.2, -0.15) is 0 Å². The van der Waals surface area contributed by atoms with Gasteiger partial charge in [-0.25, -0.2) is 9.98 Å². The summed E-state index contributed by atoms with van der Waals surface area (Å²) in [5, 5.41) is 6.72. The number of hydrogen-bond donors (Lipinski definition) is 2. The zero-order valence-electron chi connectivity index (χ0n) is 18.4. The van der Waals surface area contributed by atoms with Crippen LogP contribution < -0.4 is 10.6 Å². The first-order chi connectivity index (χ1) is 12.9. The van der Waals surface area contributed by atoms with E-state index in [1.54, 1.807) is 0 Å². The predicted octanol–water partition coefficient (Wildman–Crippen LogP) is 4.30. The number of aliphatic imine (C=N–C) groups is 1. The van der Waals surface area contributed by atoms with Crippen molar-refractivity contribution in [1.82, 2.24) is 20.5 Å². The van der Waals surface area contributed by atoms with Gasteiger partial charge in [0, 0.05) is 24.5 Å². The summed E-state index contributed by atoms with van der Waals surface area (Å²) in [6, 6.07) is 0.754. The van der Waals surface area contributed by atoms with E-state index in [1.165, 1.54) is 38.8 Å². The van der Waals surface area contributed by atoms with Crippen LogP contribution in [0.2, 0.25) is 0 Å². The molecule has 1 fully saturated rings. The Morgan fingerprint density at radius 1 is 1.29 bits per heavy atom. The van der Waals surface area contributed by atoms with Gasteiger partial charge in [0.05, 0.1) is 6.20 Å². The van der Waals surface area contributed by atoms with Gasteiger partial charge in [-0.15, -0.1) is 24.0 Å². The van der Waals surface area contributed by atoms with Gasteiger partial charge in [-0.1, -0.05) is 27.2 Å². The van der Waals surface area contributed by atoms with Gasteiger partial charge < -0.3 is 20.0 Å². The molecule has 1 aliphatic heterocycles. The second-order valence-electron chi connectivity index (χ2n) is 8.58. The van der Waals surface area contributed by atoms with Gasteiger partial charge in [0.2, 0.25) is 5.89 Å². The lowest BCUT2D eigenvalue weighted by Gasteiger charge is -2.33. The highest BCUT2D eigenvalue weighted by atomic mass is 127. The molecule has 2 heterocycles. The minimum Gasteiger partial charge on any atom is -0.443 e. The number of unbranched alkanes of at least 4 members (excludes halogenated alkanes) is 1. The fraction of sp³-hybridized carbons (Fsp3) is 0.810. The molecule has 28 heavy (non-hydrogen) atoms. The fourth-order valence-corrected chi connectivity index (χ4v) is 3.36. The molecular formula is C21H40IN5O. The lowest BCUT2D eigenvalue weighted by atomic mass is 9.94. The molecule has 0 aliphatic carbocycles. The van der Waals surface area contributed by atoms with Crippen LogP contribution in [0.1, 0.15) is 78.4 Å². The molecule has 1 aromatic rings. The van der Waals surface area contributed by atoms with Crippen molar-refractivity contribution in [2.75, 3.05) is 26.2 Å². The van der Waals surface area contributed by atoms with Crippen molar-refractivity contribution < 1.29 is 4.42 Å². The molecule has 1 unspecified atom stereocenters. The van der Waals surface area contributed by atoms with Crippen LogP contribution in [0.3, 0.4) is 0 Å². The van der Waals surface area contributed by atoms with Crippen LogP contribution in [-0.2, 0) is 12.0 Å². The molecule has 2 rings (SSSR count). The molecule has 0 aromatic carbocycles. The molecule has 0 spiro atoms. The summed E-state index contributed by atoms with van der Waals surface area (Å²) >= 11 is 0. The van der Waals surface area contributed by atoms with E-state index in [4.69, 9.17) is 4.42 Å². The molecule has 7 heteroatoms. The molecule has 162 valence electrons. The smallest absolute Gasteiger partial charge is 0.216 e. The summed E-state index contributed by atoms with van der Waals surface area (Å²) in [7, 11) is 0. The summed E-state index contributed by atoms with van der Waals surface area (Å²) in [5.41, 5.74) is -0.0242. The molecule has 6 nitrogen and oxygen atoms in total. The normalized spacial score (nSPS) is 18.6. The Balaban J connectivity index is 0.00000392. The number of oxazole rings is 1. The Hall–Kier alpha value is -0.830. The van der Waals surface area contributed by atoms with Crippen molar-refractivity contribution in [3.05, 3.63) is 17.8 Å². The van der Waals surface area contributed by atoms with Crippen LogP contribution in [-0.4, -0.2) is 48.1 Å². The van der Waals surface area contributed by atoms with E-state index in [9.17, 15) is 0 Å². The topological polar surface area (TPSA) is 65.7 Å². The van der Waals surface area contributed by atoms with Gasteiger partial charge in [-0.05, 0) is 52.6 Å². The third kappa shape index (κ3) is 8.68. The number of nitrogens with zero attached hydrogens (tertiary/aromatic N) is 3. The van der Waals surface area contributed by atoms with Crippen molar-refractivity contribution in [3.8, 4) is 0 Å². The third-order valence-electron chi connectivity index (χ3n) is 5.11. The van der Waals surface area contributed by atoms with Crippen LogP contribution in [0.25, 0.3) is 0 Å². The van der Waals surface area contributed by atoms with Crippen molar-refractivity contribution in [1.29, 1.82) is 0 Å². The molecule has 0 saturated carbocycles. The summed E-state index contributed by atoms with van der Waals surface area (Å²) in [6.45, 7) is 15.5. The van der Waals surface area contributed by atoms with E-state index in [-0.39, 0.29) is 29.4 Å². The molecule has 0 bridgehead atoms. The van der Waals surface area contributed by atoms with Crippen LogP contribution in [0.15, 0.2) is 15.6 Å². The zero-order valence-corrected chi connectivity index (χ0v) is 20.7. The molecule has 1 aromatic heterocycles. The quantitative estimate of drug-likeness (QED) is 0.239. The van der Waals surface area contributed by atoms with E-state index < -0.39 is 0 Å². The number of hydrogen-bond acceptors (Lipinski definition) is 4. The number of aromatic nitrogens is 1. The Kier molecular flexibility index (Phi) is 11.4. The van der Waals surface area contributed by atoms with Gasteiger partial charge >= 0.3 is 0 Å². The molecular weight excluding hydrogens is 465 g/mol. The van der Waals surface area contributed by atoms with Crippen LogP contribution >= 0.6 is 24.0 Å². The molecule has 0 radical (unpaired) electrons. The molecule has 1 saturated heterocycles. The van der Waals surface area contributed by atoms with Gasteiger partial charge in [0.25, 0.3) is 0 Å². The average Bonchev–Trinajstić information content (AvgIpc) is 3.10. The van der Waals surface area contributed by atoms with E-state index in [1.807, 2.05) is 6.20 Å². The Morgan fingerprint density at radius 3 is 2.71 bits per heavy atom. The summed E-state index contributed by atoms with van der Waals surface area (Å²) in [4.78, 5) is 11.6. The summed E-state index contributed by atoms with van der Waals surface area (Å²) < 4.78 is 5.82. The lowest BCUT2D eigenvalue weighted by molar-refractivity contribution is 0.158. The first-order valence-electron chi connectivity index (χ1n) is 10.6. The second-order valence-corrected chi connectivity index (χ2v) is 8.58. The minimum absolute atomic E-state index is 0. The molecule has 2 N–H and O–H groups in total. The minimum atomic E-state index is -0.0242. The number of piperidine rings is 1. The highest BCUT2D eigenvalue weighted by molar-refractivity contribution is 14.0. The van der Waals surface area contributed by atoms with Crippen molar-refractivity contribution in [2.45, 2.75) is 84.7 Å². The van der Waals surface area contributed by atoms with Crippen molar-refractivity contribution >= 4 is 29.9 Å². The maximum atomic E-state index is 5.82. The Bertz CT molecular complexity index is 582. The average molecular weight is 505 g/mol. The van der Waals surface area contributed by atoms with Gasteiger partial charge in [-0.3, -0.25) is 0 Å². The number of rotatable bonds is 8. The van der Waals surface area contributed by atoms with Crippen LogP contribution in [0.4, 0.5) is 0 Å². The number of halogens is 1. The van der Waals surface area contributed by atoms with Crippen LogP contribution in [0, 0.1) is 0 Å². The lowest BCUT2D eigenvalue weighted by Crippen LogP contribution is -2.39. The van der Waals surface area contributed by atoms with Crippen LogP contribution in [0.5, 0.6) is 0 Å². The molecule has 0 amide bonds. The molecule has 1 atom stereocenters. The van der Waals surface area contributed by atoms with Crippen molar-refractivity contribution in [2.24, 2.45) is 4.99 Å². The van der Waals surface area contributed by atoms with E-state index in [2.05, 4.69) is 60.1 Å². The Labute approximate surface area is 188 Å². The highest BCUT2D eigenvalue weighted by Crippen LogP contribution is 2.22. The van der Waals surface area contributed by atoms with Crippen molar-refractivity contribution in [3.63, 3.8) is 0 Å². The number of nitrogens with one attached hydrogen (secondary N) is 2.